The molecule has 10 heteroatoms. The molecule has 0 amide bonds. The summed E-state index contributed by atoms with van der Waals surface area (Å²) in [6.45, 7) is 6.49. The zero-order chi connectivity index (χ0) is 18.6. The van der Waals surface area contributed by atoms with Crippen LogP contribution in [0.1, 0.15) is 46.0 Å². The molecular formula is C15H19N5O5. The van der Waals surface area contributed by atoms with Gasteiger partial charge >= 0.3 is 11.9 Å². The van der Waals surface area contributed by atoms with Crippen LogP contribution in [0, 0.1) is 13.8 Å². The second-order valence-electron chi connectivity index (χ2n) is 5.35. The molecule has 134 valence electrons. The van der Waals surface area contributed by atoms with Crippen molar-refractivity contribution in [2.24, 2.45) is 0 Å². The van der Waals surface area contributed by atoms with E-state index in [4.69, 9.17) is 9.47 Å². The van der Waals surface area contributed by atoms with Gasteiger partial charge in [-0.2, -0.15) is 0 Å². The first kappa shape index (κ1) is 18.3. The Morgan fingerprint density at radius 1 is 1.32 bits per heavy atom. The highest BCUT2D eigenvalue weighted by molar-refractivity contribution is 6.03. The van der Waals surface area contributed by atoms with Gasteiger partial charge in [-0.3, -0.25) is 9.59 Å². The van der Waals surface area contributed by atoms with Gasteiger partial charge in [0.1, 0.15) is 12.9 Å². The number of Topliss-reactive ketones (excluding diaryl/α,β-unsaturated/α-hetero) is 1. The number of nitrogens with one attached hydrogen (secondary N) is 1. The maximum atomic E-state index is 12.5. The van der Waals surface area contributed by atoms with E-state index < -0.39 is 23.8 Å². The van der Waals surface area contributed by atoms with E-state index in [1.807, 2.05) is 0 Å². The molecule has 0 radical (unpaired) electrons. The standard InChI is InChI=1S/C15H19N5O5/c1-5-24-15(23)12-8(2)13(17-9(12)3)14(22)10(4)25-11(21)6-20-7-16-18-19-20/h7,10,17H,5-6H2,1-4H3/t10-/m0/s1. The molecule has 2 aromatic heterocycles. The quantitative estimate of drug-likeness (QED) is 0.568. The molecule has 0 aliphatic rings. The minimum absolute atomic E-state index is 0.207. The molecule has 0 aliphatic carbocycles. The number of tetrazole rings is 1. The minimum atomic E-state index is -1.03. The Morgan fingerprint density at radius 2 is 2.04 bits per heavy atom. The molecule has 0 bridgehead atoms. The first-order valence-electron chi connectivity index (χ1n) is 7.65. The first-order chi connectivity index (χ1) is 11.8. The van der Waals surface area contributed by atoms with Crippen LogP contribution in [0.3, 0.4) is 0 Å². The van der Waals surface area contributed by atoms with Gasteiger partial charge < -0.3 is 14.5 Å². The molecule has 1 atom stereocenters. The summed E-state index contributed by atoms with van der Waals surface area (Å²) in [5.41, 5.74) is 1.51. The molecule has 0 fully saturated rings. The molecule has 0 spiro atoms. The summed E-state index contributed by atoms with van der Waals surface area (Å²) in [7, 11) is 0. The Hall–Kier alpha value is -3.04. The number of esters is 2. The highest BCUT2D eigenvalue weighted by Crippen LogP contribution is 2.21. The highest BCUT2D eigenvalue weighted by Gasteiger charge is 2.27. The van der Waals surface area contributed by atoms with Crippen molar-refractivity contribution in [1.82, 2.24) is 25.2 Å². The fraction of sp³-hybridized carbons (Fsp3) is 0.467. The molecule has 2 aromatic rings. The second-order valence-corrected chi connectivity index (χ2v) is 5.35. The first-order valence-corrected chi connectivity index (χ1v) is 7.65. The van der Waals surface area contributed by atoms with Crippen molar-refractivity contribution in [2.45, 2.75) is 40.3 Å². The molecule has 1 N–H and O–H groups in total. The number of aromatic amines is 1. The number of H-pyrrole nitrogens is 1. The van der Waals surface area contributed by atoms with E-state index in [0.29, 0.717) is 16.8 Å². The molecule has 0 saturated heterocycles. The van der Waals surface area contributed by atoms with Gasteiger partial charge in [0.15, 0.2) is 6.10 Å². The highest BCUT2D eigenvalue weighted by atomic mass is 16.5. The van der Waals surface area contributed by atoms with Gasteiger partial charge in [0, 0.05) is 5.69 Å². The largest absolute Gasteiger partial charge is 0.462 e. The van der Waals surface area contributed by atoms with E-state index in [1.165, 1.54) is 17.9 Å². The summed E-state index contributed by atoms with van der Waals surface area (Å²) in [4.78, 5) is 39.2. The van der Waals surface area contributed by atoms with Crippen LogP contribution in [-0.2, 0) is 20.8 Å². The fourth-order valence-corrected chi connectivity index (χ4v) is 2.38. The number of rotatable bonds is 7. The third-order valence-electron chi connectivity index (χ3n) is 3.52. The number of ketones is 1. The van der Waals surface area contributed by atoms with E-state index in [-0.39, 0.29) is 18.8 Å². The Labute approximate surface area is 143 Å². The van der Waals surface area contributed by atoms with Gasteiger partial charge in [-0.05, 0) is 43.7 Å². The van der Waals surface area contributed by atoms with Gasteiger partial charge in [-0.25, -0.2) is 9.48 Å². The van der Waals surface area contributed by atoms with Crippen LogP contribution in [0.4, 0.5) is 0 Å². The second kappa shape index (κ2) is 7.69. The minimum Gasteiger partial charge on any atom is -0.462 e. The van der Waals surface area contributed by atoms with E-state index in [2.05, 4.69) is 20.5 Å². The monoisotopic (exact) mass is 349 g/mol. The summed E-state index contributed by atoms with van der Waals surface area (Å²) in [6, 6.07) is 0. The van der Waals surface area contributed by atoms with Crippen molar-refractivity contribution in [3.63, 3.8) is 0 Å². The number of aromatic nitrogens is 5. The number of carbonyl (C=O) groups is 3. The Morgan fingerprint density at radius 3 is 2.64 bits per heavy atom. The molecule has 0 saturated carbocycles. The van der Waals surface area contributed by atoms with Gasteiger partial charge in [-0.15, -0.1) is 5.10 Å². The zero-order valence-corrected chi connectivity index (χ0v) is 14.4. The van der Waals surface area contributed by atoms with Gasteiger partial charge in [0.05, 0.1) is 17.9 Å². The lowest BCUT2D eigenvalue weighted by Crippen LogP contribution is -2.27. The van der Waals surface area contributed by atoms with E-state index in [9.17, 15) is 14.4 Å². The smallest absolute Gasteiger partial charge is 0.340 e. The van der Waals surface area contributed by atoms with Crippen LogP contribution in [0.25, 0.3) is 0 Å². The Balaban J connectivity index is 2.10. The fourth-order valence-electron chi connectivity index (χ4n) is 2.38. The van der Waals surface area contributed by atoms with Crippen molar-refractivity contribution < 1.29 is 23.9 Å². The number of ether oxygens (including phenoxy) is 2. The average Bonchev–Trinajstić information content (AvgIpc) is 3.14. The maximum Gasteiger partial charge on any atom is 0.340 e. The molecule has 2 heterocycles. The summed E-state index contributed by atoms with van der Waals surface area (Å²) >= 11 is 0. The number of carbonyl (C=O) groups excluding carboxylic acids is 3. The van der Waals surface area contributed by atoms with Gasteiger partial charge in [0.25, 0.3) is 0 Å². The SMILES string of the molecule is CCOC(=O)c1c(C)[nH]c(C(=O)[C@H](C)OC(=O)Cn2cnnn2)c1C. The lowest BCUT2D eigenvalue weighted by atomic mass is 10.1. The lowest BCUT2D eigenvalue weighted by molar-refractivity contribution is -0.147. The van der Waals surface area contributed by atoms with Crippen molar-refractivity contribution >= 4 is 17.7 Å². The van der Waals surface area contributed by atoms with Crippen LogP contribution >= 0.6 is 0 Å². The van der Waals surface area contributed by atoms with Crippen LogP contribution in [0.5, 0.6) is 0 Å². The van der Waals surface area contributed by atoms with Crippen LogP contribution < -0.4 is 0 Å². The van der Waals surface area contributed by atoms with Crippen molar-refractivity contribution in [1.29, 1.82) is 0 Å². The predicted octanol–water partition coefficient (Wildman–Crippen LogP) is 0.609. The molecule has 0 aromatic carbocycles. The maximum absolute atomic E-state index is 12.5. The number of nitrogens with zero attached hydrogens (tertiary/aromatic N) is 4. The van der Waals surface area contributed by atoms with Gasteiger partial charge in [0.2, 0.25) is 5.78 Å². The Kier molecular flexibility index (Phi) is 5.63. The lowest BCUT2D eigenvalue weighted by Gasteiger charge is -2.12. The number of aryl methyl sites for hydroxylation is 1. The third-order valence-corrected chi connectivity index (χ3v) is 3.52. The molecule has 25 heavy (non-hydrogen) atoms. The normalized spacial score (nSPS) is 11.8. The summed E-state index contributed by atoms with van der Waals surface area (Å²) in [6.07, 6.45) is 0.230. The number of hydrogen-bond donors (Lipinski definition) is 1. The molecule has 2 rings (SSSR count). The summed E-state index contributed by atoms with van der Waals surface area (Å²) in [5.74, 6) is -1.60. The van der Waals surface area contributed by atoms with Crippen molar-refractivity contribution in [3.8, 4) is 0 Å². The molecular weight excluding hydrogens is 330 g/mol. The van der Waals surface area contributed by atoms with E-state index in [1.54, 1.807) is 20.8 Å². The summed E-state index contributed by atoms with van der Waals surface area (Å²) < 4.78 is 11.3. The van der Waals surface area contributed by atoms with Crippen molar-refractivity contribution in [3.05, 3.63) is 28.8 Å². The topological polar surface area (TPSA) is 129 Å². The molecule has 10 nitrogen and oxygen atoms in total. The average molecular weight is 349 g/mol. The molecule has 0 unspecified atom stereocenters. The number of hydrogen-bond acceptors (Lipinski definition) is 8. The van der Waals surface area contributed by atoms with E-state index >= 15 is 0 Å². The predicted molar refractivity (Wildman–Crippen MR) is 83.9 cm³/mol. The summed E-state index contributed by atoms with van der Waals surface area (Å²) in [5, 5.41) is 10.3. The zero-order valence-electron chi connectivity index (χ0n) is 14.4. The molecule has 0 aliphatic heterocycles. The van der Waals surface area contributed by atoms with Crippen molar-refractivity contribution in [2.75, 3.05) is 6.61 Å². The van der Waals surface area contributed by atoms with Crippen LogP contribution in [0.2, 0.25) is 0 Å². The third kappa shape index (κ3) is 4.08. The Bertz CT molecular complexity index is 781. The van der Waals surface area contributed by atoms with Gasteiger partial charge in [-0.1, -0.05) is 0 Å². The van der Waals surface area contributed by atoms with E-state index in [0.717, 1.165) is 0 Å². The van der Waals surface area contributed by atoms with Crippen LogP contribution in [-0.4, -0.2) is 55.6 Å². The van der Waals surface area contributed by atoms with Crippen LogP contribution in [0.15, 0.2) is 6.33 Å².